The van der Waals surface area contributed by atoms with Gasteiger partial charge in [0.25, 0.3) is 0 Å². The first kappa shape index (κ1) is 14.1. The van der Waals surface area contributed by atoms with E-state index in [1.165, 1.54) is 0 Å². The maximum atomic E-state index is 6.28. The van der Waals surface area contributed by atoms with Crippen LogP contribution in [0.2, 0.25) is 15.3 Å². The minimum absolute atomic E-state index is 0.171. The monoisotopic (exact) mass is 328 g/mol. The molecule has 0 N–H and O–H groups in total. The van der Waals surface area contributed by atoms with Crippen LogP contribution in [-0.4, -0.2) is 23.2 Å². The number of hydrogen-bond acceptors (Lipinski definition) is 3. The van der Waals surface area contributed by atoms with Crippen molar-refractivity contribution in [3.05, 3.63) is 45.4 Å². The molecule has 0 aliphatic carbocycles. The summed E-state index contributed by atoms with van der Waals surface area (Å²) in [7, 11) is 0. The van der Waals surface area contributed by atoms with Crippen molar-refractivity contribution in [3.63, 3.8) is 0 Å². The number of nitrogens with zero attached hydrogens (tertiary/aromatic N) is 2. The molecule has 0 amide bonds. The first-order chi connectivity index (χ1) is 9.65. The molecule has 1 saturated heterocycles. The minimum Gasteiger partial charge on any atom is -0.381 e. The molecule has 20 heavy (non-hydrogen) atoms. The van der Waals surface area contributed by atoms with Gasteiger partial charge in [-0.25, -0.2) is 9.97 Å². The van der Waals surface area contributed by atoms with Crippen molar-refractivity contribution in [2.45, 2.75) is 12.3 Å². The molecule has 1 atom stereocenters. The summed E-state index contributed by atoms with van der Waals surface area (Å²) in [6, 6.07) is 7.25. The van der Waals surface area contributed by atoms with Gasteiger partial charge in [0.15, 0.2) is 0 Å². The van der Waals surface area contributed by atoms with Crippen LogP contribution in [0, 0.1) is 0 Å². The Balaban J connectivity index is 2.02. The van der Waals surface area contributed by atoms with Crippen molar-refractivity contribution in [1.82, 2.24) is 9.97 Å². The molecule has 3 rings (SSSR count). The van der Waals surface area contributed by atoms with Gasteiger partial charge in [0.2, 0.25) is 0 Å². The quantitative estimate of drug-likeness (QED) is 0.755. The van der Waals surface area contributed by atoms with Gasteiger partial charge in [0.05, 0.1) is 12.2 Å². The van der Waals surface area contributed by atoms with E-state index in [4.69, 9.17) is 39.5 Å². The Morgan fingerprint density at radius 3 is 2.20 bits per heavy atom. The van der Waals surface area contributed by atoms with E-state index in [1.807, 2.05) is 12.1 Å². The second kappa shape index (κ2) is 5.86. The van der Waals surface area contributed by atoms with Gasteiger partial charge < -0.3 is 4.74 Å². The van der Waals surface area contributed by atoms with Crippen LogP contribution in [0.25, 0.3) is 11.1 Å². The Morgan fingerprint density at radius 2 is 1.65 bits per heavy atom. The molecule has 104 valence electrons. The lowest BCUT2D eigenvalue weighted by molar-refractivity contribution is 0.193. The summed E-state index contributed by atoms with van der Waals surface area (Å²) in [4.78, 5) is 8.74. The summed E-state index contributed by atoms with van der Waals surface area (Å²) in [6.07, 6.45) is 0.896. The smallest absolute Gasteiger partial charge is 0.142 e. The summed E-state index contributed by atoms with van der Waals surface area (Å²) in [5.74, 6) is 0.819. The number of hydrogen-bond donors (Lipinski definition) is 0. The molecule has 2 aromatic rings. The molecule has 1 aliphatic rings. The van der Waals surface area contributed by atoms with Gasteiger partial charge in [0.1, 0.15) is 16.1 Å². The standard InChI is InChI=1S/C14H11Cl3N2O/c15-10-3-1-8(2-4-10)11-12(16)18-14(19-13(11)17)9-5-6-20-7-9/h1-4,9H,5-7H2. The fourth-order valence-electron chi connectivity index (χ4n) is 2.20. The highest BCUT2D eigenvalue weighted by atomic mass is 35.5. The van der Waals surface area contributed by atoms with Gasteiger partial charge in [-0.1, -0.05) is 46.9 Å². The van der Waals surface area contributed by atoms with E-state index in [0.29, 0.717) is 33.3 Å². The van der Waals surface area contributed by atoms with E-state index in [2.05, 4.69) is 9.97 Å². The van der Waals surface area contributed by atoms with Crippen molar-refractivity contribution in [2.24, 2.45) is 0 Å². The molecule has 2 heterocycles. The SMILES string of the molecule is Clc1ccc(-c2c(Cl)nc(C3CCOC3)nc2Cl)cc1. The topological polar surface area (TPSA) is 35.0 Å². The molecule has 1 fully saturated rings. The van der Waals surface area contributed by atoms with Crippen molar-refractivity contribution >= 4 is 34.8 Å². The molecule has 0 spiro atoms. The lowest BCUT2D eigenvalue weighted by Gasteiger charge is -2.11. The Morgan fingerprint density at radius 1 is 1.00 bits per heavy atom. The Bertz CT molecular complexity index is 602. The third-order valence-corrected chi connectivity index (χ3v) is 4.06. The Hall–Kier alpha value is -0.870. The number of rotatable bonds is 2. The van der Waals surface area contributed by atoms with Crippen molar-refractivity contribution < 1.29 is 4.74 Å². The van der Waals surface area contributed by atoms with E-state index in [9.17, 15) is 0 Å². The van der Waals surface area contributed by atoms with Crippen LogP contribution >= 0.6 is 34.8 Å². The predicted octanol–water partition coefficient (Wildman–Crippen LogP) is 4.61. The maximum Gasteiger partial charge on any atom is 0.142 e. The molecule has 1 aliphatic heterocycles. The van der Waals surface area contributed by atoms with Crippen molar-refractivity contribution in [2.75, 3.05) is 13.2 Å². The Labute approximate surface area is 131 Å². The summed E-state index contributed by atoms with van der Waals surface area (Å²) in [5.41, 5.74) is 1.48. The van der Waals surface area contributed by atoms with Gasteiger partial charge in [-0.3, -0.25) is 0 Å². The normalized spacial score (nSPS) is 18.4. The zero-order chi connectivity index (χ0) is 14.1. The van der Waals surface area contributed by atoms with Crippen LogP contribution in [0.15, 0.2) is 24.3 Å². The molecule has 6 heteroatoms. The van der Waals surface area contributed by atoms with Gasteiger partial charge in [0, 0.05) is 17.5 Å². The highest BCUT2D eigenvalue weighted by Crippen LogP contribution is 2.35. The predicted molar refractivity (Wildman–Crippen MR) is 80.7 cm³/mol. The van der Waals surface area contributed by atoms with Crippen LogP contribution in [0.4, 0.5) is 0 Å². The molecular weight excluding hydrogens is 319 g/mol. The summed E-state index contributed by atoms with van der Waals surface area (Å²) < 4.78 is 5.34. The van der Waals surface area contributed by atoms with Crippen LogP contribution in [0.3, 0.4) is 0 Å². The van der Waals surface area contributed by atoms with E-state index in [1.54, 1.807) is 12.1 Å². The van der Waals surface area contributed by atoms with Gasteiger partial charge in [-0.15, -0.1) is 0 Å². The average molecular weight is 330 g/mol. The van der Waals surface area contributed by atoms with Gasteiger partial charge in [-0.2, -0.15) is 0 Å². The highest BCUT2D eigenvalue weighted by molar-refractivity contribution is 6.37. The van der Waals surface area contributed by atoms with Gasteiger partial charge in [-0.05, 0) is 24.1 Å². The second-order valence-electron chi connectivity index (χ2n) is 4.61. The highest BCUT2D eigenvalue weighted by Gasteiger charge is 2.23. The zero-order valence-corrected chi connectivity index (χ0v) is 12.7. The molecular formula is C14H11Cl3N2O. The van der Waals surface area contributed by atoms with E-state index in [0.717, 1.165) is 18.6 Å². The van der Waals surface area contributed by atoms with Crippen molar-refractivity contribution in [1.29, 1.82) is 0 Å². The van der Waals surface area contributed by atoms with Gasteiger partial charge >= 0.3 is 0 Å². The first-order valence-electron chi connectivity index (χ1n) is 6.22. The molecule has 1 unspecified atom stereocenters. The third kappa shape index (κ3) is 2.77. The number of aromatic nitrogens is 2. The summed E-state index contributed by atoms with van der Waals surface area (Å²) >= 11 is 18.4. The molecule has 0 saturated carbocycles. The molecule has 3 nitrogen and oxygen atoms in total. The molecule has 1 aromatic carbocycles. The van der Waals surface area contributed by atoms with E-state index < -0.39 is 0 Å². The van der Waals surface area contributed by atoms with Crippen LogP contribution < -0.4 is 0 Å². The average Bonchev–Trinajstić information content (AvgIpc) is 2.94. The van der Waals surface area contributed by atoms with Crippen molar-refractivity contribution in [3.8, 4) is 11.1 Å². The molecule has 1 aromatic heterocycles. The number of halogens is 3. The Kier molecular flexibility index (Phi) is 4.13. The first-order valence-corrected chi connectivity index (χ1v) is 7.35. The zero-order valence-electron chi connectivity index (χ0n) is 10.4. The number of benzene rings is 1. The lowest BCUT2D eigenvalue weighted by atomic mass is 10.1. The maximum absolute atomic E-state index is 6.28. The van der Waals surface area contributed by atoms with Crippen LogP contribution in [-0.2, 0) is 4.74 Å². The molecule has 0 bridgehead atoms. The lowest BCUT2D eigenvalue weighted by Crippen LogP contribution is -2.05. The van der Waals surface area contributed by atoms with Crippen LogP contribution in [0.5, 0.6) is 0 Å². The fraction of sp³-hybridized carbons (Fsp3) is 0.286. The van der Waals surface area contributed by atoms with E-state index in [-0.39, 0.29) is 5.92 Å². The fourth-order valence-corrected chi connectivity index (χ4v) is 2.94. The van der Waals surface area contributed by atoms with E-state index >= 15 is 0 Å². The summed E-state index contributed by atoms with van der Waals surface area (Å²) in [5, 5.41) is 1.37. The molecule has 0 radical (unpaired) electrons. The minimum atomic E-state index is 0.171. The van der Waals surface area contributed by atoms with Crippen LogP contribution in [0.1, 0.15) is 18.2 Å². The largest absolute Gasteiger partial charge is 0.381 e. The number of ether oxygens (including phenoxy) is 1. The third-order valence-electron chi connectivity index (χ3n) is 3.27. The summed E-state index contributed by atoms with van der Waals surface area (Å²) in [6.45, 7) is 1.34. The second-order valence-corrected chi connectivity index (χ2v) is 5.76.